The fraction of sp³-hybridized carbons (Fsp3) is 0.200. The zero-order valence-corrected chi connectivity index (χ0v) is 13.5. The van der Waals surface area contributed by atoms with Crippen molar-refractivity contribution in [2.45, 2.75) is 11.8 Å². The van der Waals surface area contributed by atoms with Gasteiger partial charge in [0.05, 0.1) is 15.9 Å². The summed E-state index contributed by atoms with van der Waals surface area (Å²) in [7, 11) is 0. The van der Waals surface area contributed by atoms with Crippen LogP contribution in [0.5, 0.6) is 5.75 Å². The van der Waals surface area contributed by atoms with Crippen molar-refractivity contribution in [3.63, 3.8) is 0 Å². The Balaban J connectivity index is 2.22. The Kier molecular flexibility index (Phi) is 4.99. The maximum absolute atomic E-state index is 13.5. The average molecular weight is 388 g/mol. The molecule has 2 aromatic carbocycles. The van der Waals surface area contributed by atoms with Crippen LogP contribution in [0, 0.1) is 5.82 Å². The van der Waals surface area contributed by atoms with Gasteiger partial charge in [0.25, 0.3) is 0 Å². The van der Waals surface area contributed by atoms with Crippen LogP contribution in [0.3, 0.4) is 0 Å². The van der Waals surface area contributed by atoms with Crippen LogP contribution in [0.1, 0.15) is 22.9 Å². The quantitative estimate of drug-likeness (QED) is 0.632. The van der Waals surface area contributed by atoms with Crippen LogP contribution < -0.4 is 4.74 Å². The van der Waals surface area contributed by atoms with Gasteiger partial charge in [0.2, 0.25) is 0 Å². The molecule has 19 heavy (non-hydrogen) atoms. The monoisotopic (exact) mass is 386 g/mol. The number of halogens is 3. The molecule has 0 amide bonds. The van der Waals surface area contributed by atoms with Crippen molar-refractivity contribution in [3.05, 3.63) is 63.9 Å². The summed E-state index contributed by atoms with van der Waals surface area (Å²) in [5.41, 5.74) is 1.94. The van der Waals surface area contributed by atoms with E-state index in [0.717, 1.165) is 16.9 Å². The number of hydrogen-bond donors (Lipinski definition) is 0. The van der Waals surface area contributed by atoms with Gasteiger partial charge in [0, 0.05) is 0 Å². The Labute approximate surface area is 129 Å². The van der Waals surface area contributed by atoms with Crippen LogP contribution in [-0.4, -0.2) is 6.61 Å². The van der Waals surface area contributed by atoms with Gasteiger partial charge in [-0.05, 0) is 58.2 Å². The minimum absolute atomic E-state index is 0.0363. The first-order valence-corrected chi connectivity index (χ1v) is 7.64. The van der Waals surface area contributed by atoms with Gasteiger partial charge in [-0.2, -0.15) is 0 Å². The summed E-state index contributed by atoms with van der Waals surface area (Å²) < 4.78 is 19.4. The molecule has 2 aromatic rings. The first-order valence-electron chi connectivity index (χ1n) is 5.93. The number of rotatable bonds is 4. The summed E-state index contributed by atoms with van der Waals surface area (Å²) in [6.45, 7) is 2.60. The minimum Gasteiger partial charge on any atom is -0.494 e. The molecule has 0 spiro atoms. The van der Waals surface area contributed by atoms with E-state index in [1.54, 1.807) is 6.07 Å². The van der Waals surface area contributed by atoms with Crippen molar-refractivity contribution >= 4 is 31.9 Å². The lowest BCUT2D eigenvalue weighted by atomic mass is 10.0. The van der Waals surface area contributed by atoms with Crippen LogP contribution in [0.25, 0.3) is 0 Å². The Bertz CT molecular complexity index is 555. The lowest BCUT2D eigenvalue weighted by Crippen LogP contribution is -1.95. The zero-order chi connectivity index (χ0) is 13.8. The van der Waals surface area contributed by atoms with Gasteiger partial charge < -0.3 is 4.74 Å². The second-order valence-corrected chi connectivity index (χ2v) is 5.81. The van der Waals surface area contributed by atoms with Gasteiger partial charge in [0.1, 0.15) is 11.6 Å². The van der Waals surface area contributed by atoms with E-state index in [1.165, 1.54) is 6.07 Å². The maximum Gasteiger partial charge on any atom is 0.137 e. The van der Waals surface area contributed by atoms with E-state index in [4.69, 9.17) is 4.74 Å². The molecule has 1 atom stereocenters. The first-order chi connectivity index (χ1) is 9.11. The van der Waals surface area contributed by atoms with Crippen molar-refractivity contribution in [3.8, 4) is 5.75 Å². The Hall–Kier alpha value is -0.870. The molecular formula is C15H13Br2FO. The van der Waals surface area contributed by atoms with E-state index >= 15 is 0 Å². The summed E-state index contributed by atoms with van der Waals surface area (Å²) in [6.07, 6.45) is 0. The van der Waals surface area contributed by atoms with E-state index < -0.39 is 0 Å². The fourth-order valence-corrected chi connectivity index (χ4v) is 2.60. The minimum atomic E-state index is -0.257. The smallest absolute Gasteiger partial charge is 0.137 e. The summed E-state index contributed by atoms with van der Waals surface area (Å²) in [5.74, 6) is 0.584. The molecule has 0 bridgehead atoms. The van der Waals surface area contributed by atoms with Gasteiger partial charge in [-0.1, -0.05) is 34.1 Å². The van der Waals surface area contributed by atoms with Gasteiger partial charge in [-0.3, -0.25) is 0 Å². The standard InChI is InChI=1S/C15H13Br2FO/c1-2-19-12-6-3-10(4-7-12)15(17)11-5-8-13(16)14(18)9-11/h3-9,15H,2H2,1H3. The molecule has 100 valence electrons. The predicted octanol–water partition coefficient (Wildman–Crippen LogP) is 5.47. The molecule has 0 saturated heterocycles. The van der Waals surface area contributed by atoms with Crippen molar-refractivity contribution in [1.82, 2.24) is 0 Å². The van der Waals surface area contributed by atoms with Gasteiger partial charge in [-0.25, -0.2) is 4.39 Å². The van der Waals surface area contributed by atoms with Crippen molar-refractivity contribution < 1.29 is 9.13 Å². The average Bonchev–Trinajstić information content (AvgIpc) is 2.42. The highest BCUT2D eigenvalue weighted by molar-refractivity contribution is 9.10. The third-order valence-corrected chi connectivity index (χ3v) is 4.42. The molecule has 0 radical (unpaired) electrons. The molecule has 0 saturated carbocycles. The molecule has 0 aliphatic rings. The maximum atomic E-state index is 13.5. The number of hydrogen-bond acceptors (Lipinski definition) is 1. The number of alkyl halides is 1. The second kappa shape index (κ2) is 6.53. The Morgan fingerprint density at radius 3 is 2.32 bits per heavy atom. The molecular weight excluding hydrogens is 375 g/mol. The molecule has 0 fully saturated rings. The third kappa shape index (κ3) is 3.57. The molecule has 0 N–H and O–H groups in total. The van der Waals surface area contributed by atoms with Crippen molar-refractivity contribution in [1.29, 1.82) is 0 Å². The highest BCUT2D eigenvalue weighted by Gasteiger charge is 2.12. The van der Waals surface area contributed by atoms with E-state index in [0.29, 0.717) is 11.1 Å². The van der Waals surface area contributed by atoms with Crippen LogP contribution in [0.2, 0.25) is 0 Å². The number of benzene rings is 2. The summed E-state index contributed by atoms with van der Waals surface area (Å²) >= 11 is 6.75. The number of ether oxygens (including phenoxy) is 1. The molecule has 0 aromatic heterocycles. The molecule has 0 aliphatic heterocycles. The third-order valence-electron chi connectivity index (χ3n) is 2.72. The van der Waals surface area contributed by atoms with Crippen LogP contribution in [-0.2, 0) is 0 Å². The summed E-state index contributed by atoms with van der Waals surface area (Å²) in [4.78, 5) is -0.0363. The van der Waals surface area contributed by atoms with E-state index in [9.17, 15) is 4.39 Å². The Morgan fingerprint density at radius 2 is 1.74 bits per heavy atom. The fourth-order valence-electron chi connectivity index (χ4n) is 1.76. The lowest BCUT2D eigenvalue weighted by Gasteiger charge is -2.12. The van der Waals surface area contributed by atoms with Crippen LogP contribution in [0.4, 0.5) is 4.39 Å². The molecule has 0 aliphatic carbocycles. The molecule has 0 heterocycles. The molecule has 4 heteroatoms. The van der Waals surface area contributed by atoms with E-state index in [1.807, 2.05) is 37.3 Å². The SMILES string of the molecule is CCOc1ccc(C(Br)c2ccc(Br)c(F)c2)cc1. The van der Waals surface area contributed by atoms with E-state index in [2.05, 4.69) is 31.9 Å². The summed E-state index contributed by atoms with van der Waals surface area (Å²) in [6, 6.07) is 12.9. The molecule has 1 nitrogen and oxygen atoms in total. The van der Waals surface area contributed by atoms with Crippen molar-refractivity contribution in [2.75, 3.05) is 6.61 Å². The summed E-state index contributed by atoms with van der Waals surface area (Å²) in [5, 5.41) is 0. The highest BCUT2D eigenvalue weighted by Crippen LogP contribution is 2.33. The normalized spacial score (nSPS) is 12.2. The predicted molar refractivity (Wildman–Crippen MR) is 82.5 cm³/mol. The zero-order valence-electron chi connectivity index (χ0n) is 10.4. The first kappa shape index (κ1) is 14.5. The Morgan fingerprint density at radius 1 is 1.11 bits per heavy atom. The second-order valence-electron chi connectivity index (χ2n) is 4.04. The topological polar surface area (TPSA) is 9.23 Å². The van der Waals surface area contributed by atoms with Gasteiger partial charge in [-0.15, -0.1) is 0 Å². The molecule has 2 rings (SSSR count). The largest absolute Gasteiger partial charge is 0.494 e. The van der Waals surface area contributed by atoms with Crippen LogP contribution in [0.15, 0.2) is 46.9 Å². The highest BCUT2D eigenvalue weighted by atomic mass is 79.9. The van der Waals surface area contributed by atoms with Crippen molar-refractivity contribution in [2.24, 2.45) is 0 Å². The van der Waals surface area contributed by atoms with Crippen LogP contribution >= 0.6 is 31.9 Å². The van der Waals surface area contributed by atoms with Gasteiger partial charge in [0.15, 0.2) is 0 Å². The lowest BCUT2D eigenvalue weighted by molar-refractivity contribution is 0.340. The van der Waals surface area contributed by atoms with E-state index in [-0.39, 0.29) is 10.6 Å². The van der Waals surface area contributed by atoms with Gasteiger partial charge >= 0.3 is 0 Å². The molecule has 1 unspecified atom stereocenters.